The highest BCUT2D eigenvalue weighted by Crippen LogP contribution is 2.25. The van der Waals surface area contributed by atoms with Gasteiger partial charge in [0.15, 0.2) is 0 Å². The molecule has 70 valence electrons. The highest BCUT2D eigenvalue weighted by Gasteiger charge is 2.05. The summed E-state index contributed by atoms with van der Waals surface area (Å²) in [7, 11) is 0. The van der Waals surface area contributed by atoms with Crippen molar-refractivity contribution >= 4 is 33.8 Å². The van der Waals surface area contributed by atoms with Crippen molar-refractivity contribution in [3.05, 3.63) is 33.0 Å². The van der Waals surface area contributed by atoms with Gasteiger partial charge in [-0.1, -0.05) is 11.6 Å². The second-order valence-corrected chi connectivity index (χ2v) is 3.82. The number of hydrogen-bond donors (Lipinski definition) is 0. The Balaban J connectivity index is 2.94. The number of halogens is 3. The van der Waals surface area contributed by atoms with E-state index < -0.39 is 0 Å². The fourth-order valence-electron chi connectivity index (χ4n) is 0.970. The van der Waals surface area contributed by atoms with Crippen LogP contribution in [0.1, 0.15) is 12.0 Å². The lowest BCUT2D eigenvalue weighted by Gasteiger charge is -2.03. The van der Waals surface area contributed by atoms with Crippen LogP contribution < -0.4 is 0 Å². The third-order valence-corrected chi connectivity index (χ3v) is 2.58. The molecule has 0 spiro atoms. The second-order valence-electron chi connectivity index (χ2n) is 2.56. The molecule has 1 rings (SSSR count). The normalized spacial score (nSPS) is 10.1. The maximum Gasteiger partial charge on any atom is 0.138 e. The van der Waals surface area contributed by atoms with Crippen LogP contribution in [0.3, 0.4) is 0 Å². The van der Waals surface area contributed by atoms with Crippen molar-refractivity contribution in [2.45, 2.75) is 12.8 Å². The highest BCUT2D eigenvalue weighted by atomic mass is 79.9. The first kappa shape index (κ1) is 10.7. The molecule has 0 atom stereocenters. The van der Waals surface area contributed by atoms with E-state index in [1.165, 1.54) is 6.07 Å². The minimum atomic E-state index is -0.389. The molecule has 0 N–H and O–H groups in total. The fraction of sp³-hybridized carbons (Fsp3) is 0.222. The maximum absolute atomic E-state index is 12.9. The Morgan fingerprint density at radius 2 is 2.23 bits per heavy atom. The summed E-state index contributed by atoms with van der Waals surface area (Å²) in [6, 6.07) is 2.84. The van der Waals surface area contributed by atoms with Gasteiger partial charge in [0.05, 0.1) is 4.47 Å². The predicted molar refractivity (Wildman–Crippen MR) is 53.5 cm³/mol. The molecule has 4 heteroatoms. The first-order valence-electron chi connectivity index (χ1n) is 3.72. The second kappa shape index (κ2) is 4.72. The topological polar surface area (TPSA) is 17.1 Å². The summed E-state index contributed by atoms with van der Waals surface area (Å²) in [5, 5.41) is 0.363. The number of rotatable bonds is 3. The van der Waals surface area contributed by atoms with E-state index >= 15 is 0 Å². The van der Waals surface area contributed by atoms with Gasteiger partial charge in [0.2, 0.25) is 0 Å². The average Bonchev–Trinajstić information content (AvgIpc) is 2.09. The molecule has 0 saturated heterocycles. The third kappa shape index (κ3) is 2.78. The molecule has 0 heterocycles. The average molecular weight is 266 g/mol. The number of benzene rings is 1. The van der Waals surface area contributed by atoms with E-state index in [2.05, 4.69) is 15.9 Å². The minimum Gasteiger partial charge on any atom is -0.303 e. The van der Waals surface area contributed by atoms with E-state index in [9.17, 15) is 9.18 Å². The SMILES string of the molecule is O=CCCc1cc(Br)c(F)cc1Cl. The number of carbonyl (C=O) groups is 1. The molecule has 0 aromatic heterocycles. The Morgan fingerprint density at radius 1 is 1.54 bits per heavy atom. The molecular weight excluding hydrogens is 258 g/mol. The van der Waals surface area contributed by atoms with Crippen molar-refractivity contribution in [3.63, 3.8) is 0 Å². The zero-order valence-electron chi connectivity index (χ0n) is 6.69. The van der Waals surface area contributed by atoms with Crippen LogP contribution in [0, 0.1) is 5.82 Å². The molecule has 1 aromatic rings. The van der Waals surface area contributed by atoms with Gasteiger partial charge < -0.3 is 4.79 Å². The minimum absolute atomic E-state index is 0.363. The summed E-state index contributed by atoms with van der Waals surface area (Å²) in [6.07, 6.45) is 1.76. The predicted octanol–water partition coefficient (Wildman–Crippen LogP) is 3.37. The zero-order chi connectivity index (χ0) is 9.84. The van der Waals surface area contributed by atoms with Gasteiger partial charge in [-0.15, -0.1) is 0 Å². The van der Waals surface area contributed by atoms with Crippen molar-refractivity contribution < 1.29 is 9.18 Å². The summed E-state index contributed by atoms with van der Waals surface area (Å²) in [6.45, 7) is 0. The van der Waals surface area contributed by atoms with Crippen LogP contribution in [-0.4, -0.2) is 6.29 Å². The maximum atomic E-state index is 12.9. The lowest BCUT2D eigenvalue weighted by molar-refractivity contribution is -0.107. The Hall–Kier alpha value is -0.410. The van der Waals surface area contributed by atoms with Gasteiger partial charge in [-0.3, -0.25) is 0 Å². The molecule has 1 nitrogen and oxygen atoms in total. The summed E-state index contributed by atoms with van der Waals surface area (Å²) in [4.78, 5) is 10.1. The highest BCUT2D eigenvalue weighted by molar-refractivity contribution is 9.10. The van der Waals surface area contributed by atoms with E-state index in [1.807, 2.05) is 0 Å². The van der Waals surface area contributed by atoms with Gasteiger partial charge in [-0.05, 0) is 40.0 Å². The molecule has 0 amide bonds. The monoisotopic (exact) mass is 264 g/mol. The Kier molecular flexibility index (Phi) is 3.88. The van der Waals surface area contributed by atoms with Crippen molar-refractivity contribution in [2.24, 2.45) is 0 Å². The van der Waals surface area contributed by atoms with Crippen molar-refractivity contribution in [2.75, 3.05) is 0 Å². The van der Waals surface area contributed by atoms with Crippen LogP contribution >= 0.6 is 27.5 Å². The zero-order valence-corrected chi connectivity index (χ0v) is 9.03. The summed E-state index contributed by atoms with van der Waals surface area (Å²) in [5.74, 6) is -0.389. The van der Waals surface area contributed by atoms with E-state index in [0.29, 0.717) is 22.3 Å². The molecule has 0 unspecified atom stereocenters. The smallest absolute Gasteiger partial charge is 0.138 e. The molecule has 0 aliphatic heterocycles. The first-order chi connectivity index (χ1) is 6.15. The van der Waals surface area contributed by atoms with Crippen molar-refractivity contribution in [3.8, 4) is 0 Å². The van der Waals surface area contributed by atoms with Gasteiger partial charge in [0.1, 0.15) is 12.1 Å². The van der Waals surface area contributed by atoms with Crippen LogP contribution in [0.4, 0.5) is 4.39 Å². The Bertz CT molecular complexity index is 328. The first-order valence-corrected chi connectivity index (χ1v) is 4.89. The third-order valence-electron chi connectivity index (χ3n) is 1.62. The van der Waals surface area contributed by atoms with Gasteiger partial charge in [0.25, 0.3) is 0 Å². The van der Waals surface area contributed by atoms with Crippen LogP contribution in [0.25, 0.3) is 0 Å². The number of carbonyl (C=O) groups excluding carboxylic acids is 1. The van der Waals surface area contributed by atoms with Crippen molar-refractivity contribution in [1.82, 2.24) is 0 Å². The molecule has 0 aliphatic carbocycles. The van der Waals surface area contributed by atoms with Gasteiger partial charge in [0, 0.05) is 11.4 Å². The molecule has 13 heavy (non-hydrogen) atoms. The Morgan fingerprint density at radius 3 is 2.85 bits per heavy atom. The number of hydrogen-bond acceptors (Lipinski definition) is 1. The van der Waals surface area contributed by atoms with Crippen LogP contribution in [0.5, 0.6) is 0 Å². The molecule has 0 saturated carbocycles. The number of aryl methyl sites for hydroxylation is 1. The molecule has 0 aliphatic rings. The number of aldehydes is 1. The van der Waals surface area contributed by atoms with Crippen LogP contribution in [0.2, 0.25) is 5.02 Å². The molecular formula is C9H7BrClFO. The lowest BCUT2D eigenvalue weighted by atomic mass is 10.1. The van der Waals surface area contributed by atoms with E-state index in [1.54, 1.807) is 6.07 Å². The van der Waals surface area contributed by atoms with Crippen LogP contribution in [-0.2, 0) is 11.2 Å². The standard InChI is InChI=1S/C9H7BrClFO/c10-7-4-6(2-1-3-13)8(11)5-9(7)12/h3-5H,1-2H2. The van der Waals surface area contributed by atoms with E-state index in [-0.39, 0.29) is 5.82 Å². The van der Waals surface area contributed by atoms with Gasteiger partial charge in [-0.25, -0.2) is 4.39 Å². The summed E-state index contributed by atoms with van der Waals surface area (Å²) < 4.78 is 13.3. The molecule has 0 radical (unpaired) electrons. The Labute approximate surface area is 89.0 Å². The molecule has 1 aromatic carbocycles. The molecule has 0 fully saturated rings. The lowest BCUT2D eigenvalue weighted by Crippen LogP contribution is -1.90. The van der Waals surface area contributed by atoms with Gasteiger partial charge >= 0.3 is 0 Å². The quantitative estimate of drug-likeness (QED) is 0.605. The van der Waals surface area contributed by atoms with Gasteiger partial charge in [-0.2, -0.15) is 0 Å². The summed E-state index contributed by atoms with van der Waals surface area (Å²) >= 11 is 8.81. The molecule has 0 bridgehead atoms. The van der Waals surface area contributed by atoms with Crippen molar-refractivity contribution in [1.29, 1.82) is 0 Å². The van der Waals surface area contributed by atoms with E-state index in [0.717, 1.165) is 11.8 Å². The largest absolute Gasteiger partial charge is 0.303 e. The van der Waals surface area contributed by atoms with Crippen LogP contribution in [0.15, 0.2) is 16.6 Å². The summed E-state index contributed by atoms with van der Waals surface area (Å²) in [5.41, 5.74) is 0.780. The van der Waals surface area contributed by atoms with E-state index in [4.69, 9.17) is 11.6 Å². The fourth-order valence-corrected chi connectivity index (χ4v) is 1.61.